The Bertz CT molecular complexity index is 390. The molecule has 0 rings (SSSR count). The van der Waals surface area contributed by atoms with E-state index in [1.54, 1.807) is 0 Å². The number of hydrogen-bond donors (Lipinski definition) is 1. The highest BCUT2D eigenvalue weighted by molar-refractivity contribution is 5.07. The van der Waals surface area contributed by atoms with Gasteiger partial charge in [-0.05, 0) is 73.1 Å². The zero-order valence-electron chi connectivity index (χ0n) is 14.8. The van der Waals surface area contributed by atoms with Crippen LogP contribution < -0.4 is 5.73 Å². The quantitative estimate of drug-likeness (QED) is 0.484. The Kier molecular flexibility index (Phi) is 12.0. The van der Waals surface area contributed by atoms with E-state index in [4.69, 9.17) is 5.73 Å². The molecule has 0 aromatic carbocycles. The lowest BCUT2D eigenvalue weighted by atomic mass is 10.0. The molecule has 0 saturated heterocycles. The second-order valence-electron chi connectivity index (χ2n) is 6.28. The standard InChI is InChI=1S/C20H35N/c1-17(2)9-6-10-18(3)11-7-12-19(4)13-8-14-20(5)15-16-21/h9,11,13,15H,6-8,10,12,14,16,21H2,1-5H3/b18-11+,19-13?,20-15+. The first-order valence-corrected chi connectivity index (χ1v) is 8.26. The van der Waals surface area contributed by atoms with Crippen LogP contribution in [-0.2, 0) is 0 Å². The van der Waals surface area contributed by atoms with Gasteiger partial charge in [-0.1, -0.05) is 46.6 Å². The van der Waals surface area contributed by atoms with E-state index in [-0.39, 0.29) is 0 Å². The Balaban J connectivity index is 3.93. The topological polar surface area (TPSA) is 26.0 Å². The van der Waals surface area contributed by atoms with E-state index >= 15 is 0 Å². The van der Waals surface area contributed by atoms with Crippen LogP contribution in [0.15, 0.2) is 46.6 Å². The largest absolute Gasteiger partial charge is 0.327 e. The fraction of sp³-hybridized carbons (Fsp3) is 0.600. The first kappa shape index (κ1) is 19.9. The van der Waals surface area contributed by atoms with Gasteiger partial charge in [0.25, 0.3) is 0 Å². The van der Waals surface area contributed by atoms with Crippen molar-refractivity contribution in [1.29, 1.82) is 0 Å². The van der Waals surface area contributed by atoms with E-state index in [0.29, 0.717) is 6.54 Å². The van der Waals surface area contributed by atoms with Gasteiger partial charge in [-0.15, -0.1) is 0 Å². The summed E-state index contributed by atoms with van der Waals surface area (Å²) in [4.78, 5) is 0. The summed E-state index contributed by atoms with van der Waals surface area (Å²) < 4.78 is 0. The predicted octanol–water partition coefficient (Wildman–Crippen LogP) is 6.09. The maximum atomic E-state index is 5.50. The summed E-state index contributed by atoms with van der Waals surface area (Å²) in [5, 5.41) is 0. The van der Waals surface area contributed by atoms with Crippen LogP contribution in [0.4, 0.5) is 0 Å². The van der Waals surface area contributed by atoms with Crippen LogP contribution in [0.3, 0.4) is 0 Å². The van der Waals surface area contributed by atoms with Crippen LogP contribution in [-0.4, -0.2) is 6.54 Å². The number of rotatable bonds is 10. The molecule has 21 heavy (non-hydrogen) atoms. The maximum Gasteiger partial charge on any atom is 0.0109 e. The second-order valence-corrected chi connectivity index (χ2v) is 6.28. The molecule has 0 amide bonds. The average Bonchev–Trinajstić information content (AvgIpc) is 2.38. The third-order valence-corrected chi connectivity index (χ3v) is 3.62. The second kappa shape index (κ2) is 12.6. The minimum absolute atomic E-state index is 0.658. The molecule has 1 heteroatoms. The van der Waals surface area contributed by atoms with Crippen LogP contribution >= 0.6 is 0 Å². The minimum Gasteiger partial charge on any atom is -0.327 e. The third-order valence-electron chi connectivity index (χ3n) is 3.62. The highest BCUT2D eigenvalue weighted by Crippen LogP contribution is 2.13. The first-order valence-electron chi connectivity index (χ1n) is 8.26. The van der Waals surface area contributed by atoms with Gasteiger partial charge in [0.1, 0.15) is 0 Å². The van der Waals surface area contributed by atoms with Crippen molar-refractivity contribution >= 4 is 0 Å². The van der Waals surface area contributed by atoms with Gasteiger partial charge in [-0.3, -0.25) is 0 Å². The number of hydrogen-bond acceptors (Lipinski definition) is 1. The van der Waals surface area contributed by atoms with Crippen LogP contribution in [0, 0.1) is 0 Å². The average molecular weight is 290 g/mol. The number of nitrogens with two attached hydrogens (primary N) is 1. The first-order chi connectivity index (χ1) is 9.95. The molecule has 0 aliphatic carbocycles. The molecule has 0 aliphatic rings. The maximum absolute atomic E-state index is 5.50. The van der Waals surface area contributed by atoms with Gasteiger partial charge in [-0.25, -0.2) is 0 Å². The van der Waals surface area contributed by atoms with Crippen LogP contribution in [0.2, 0.25) is 0 Å². The lowest BCUT2D eigenvalue weighted by Crippen LogP contribution is -1.94. The Morgan fingerprint density at radius 2 is 1.00 bits per heavy atom. The fourth-order valence-corrected chi connectivity index (χ4v) is 2.19. The summed E-state index contributed by atoms with van der Waals surface area (Å²) in [6.07, 6.45) is 16.2. The van der Waals surface area contributed by atoms with Gasteiger partial charge in [0.15, 0.2) is 0 Å². The van der Waals surface area contributed by atoms with Crippen molar-refractivity contribution in [2.24, 2.45) is 5.73 Å². The van der Waals surface area contributed by atoms with E-state index in [0.717, 1.165) is 12.8 Å². The number of allylic oxidation sites excluding steroid dienone is 7. The fourth-order valence-electron chi connectivity index (χ4n) is 2.19. The molecule has 0 saturated carbocycles. The van der Waals surface area contributed by atoms with Gasteiger partial charge >= 0.3 is 0 Å². The molecule has 0 aliphatic heterocycles. The summed E-state index contributed by atoms with van der Waals surface area (Å²) in [6.45, 7) is 11.6. The molecule has 0 spiro atoms. The normalized spacial score (nSPS) is 13.5. The van der Waals surface area contributed by atoms with E-state index in [1.165, 1.54) is 48.0 Å². The molecular weight excluding hydrogens is 254 g/mol. The van der Waals surface area contributed by atoms with E-state index in [9.17, 15) is 0 Å². The molecule has 0 heterocycles. The Morgan fingerprint density at radius 3 is 1.38 bits per heavy atom. The van der Waals surface area contributed by atoms with Crippen molar-refractivity contribution in [3.63, 3.8) is 0 Å². The lowest BCUT2D eigenvalue weighted by molar-refractivity contribution is 0.898. The zero-order valence-corrected chi connectivity index (χ0v) is 14.8. The van der Waals surface area contributed by atoms with Crippen molar-refractivity contribution < 1.29 is 0 Å². The SMILES string of the molecule is CC(C)=CCC/C(C)=C/CCC(C)=CCC/C(C)=C/CN. The molecule has 0 radical (unpaired) electrons. The van der Waals surface area contributed by atoms with E-state index in [2.05, 4.69) is 58.9 Å². The zero-order chi connectivity index (χ0) is 16.1. The Hall–Kier alpha value is -1.08. The monoisotopic (exact) mass is 289 g/mol. The highest BCUT2D eigenvalue weighted by atomic mass is 14.5. The minimum atomic E-state index is 0.658. The summed E-state index contributed by atoms with van der Waals surface area (Å²) in [6, 6.07) is 0. The molecule has 0 unspecified atom stereocenters. The van der Waals surface area contributed by atoms with Crippen molar-refractivity contribution in [1.82, 2.24) is 0 Å². The smallest absolute Gasteiger partial charge is 0.0109 e. The third kappa shape index (κ3) is 13.7. The summed E-state index contributed by atoms with van der Waals surface area (Å²) >= 11 is 0. The van der Waals surface area contributed by atoms with Gasteiger partial charge in [0.05, 0.1) is 0 Å². The van der Waals surface area contributed by atoms with Crippen molar-refractivity contribution in [3.05, 3.63) is 46.6 Å². The van der Waals surface area contributed by atoms with E-state index in [1.807, 2.05) is 0 Å². The van der Waals surface area contributed by atoms with Crippen LogP contribution in [0.1, 0.15) is 73.1 Å². The van der Waals surface area contributed by atoms with Crippen molar-refractivity contribution in [2.75, 3.05) is 6.54 Å². The molecule has 0 fully saturated rings. The van der Waals surface area contributed by atoms with Gasteiger partial charge in [0.2, 0.25) is 0 Å². The van der Waals surface area contributed by atoms with Gasteiger partial charge in [-0.2, -0.15) is 0 Å². The molecule has 1 nitrogen and oxygen atoms in total. The summed E-state index contributed by atoms with van der Waals surface area (Å²) in [5.74, 6) is 0. The molecule has 120 valence electrons. The summed E-state index contributed by atoms with van der Waals surface area (Å²) in [5.41, 5.74) is 11.3. The predicted molar refractivity (Wildman–Crippen MR) is 97.5 cm³/mol. The summed E-state index contributed by atoms with van der Waals surface area (Å²) in [7, 11) is 0. The van der Waals surface area contributed by atoms with E-state index < -0.39 is 0 Å². The van der Waals surface area contributed by atoms with Crippen LogP contribution in [0.25, 0.3) is 0 Å². The molecule has 0 atom stereocenters. The Labute approximate surface area is 132 Å². The Morgan fingerprint density at radius 1 is 0.619 bits per heavy atom. The molecular formula is C20H35N. The molecule has 0 bridgehead atoms. The molecule has 0 aromatic rings. The molecule has 0 aromatic heterocycles. The van der Waals surface area contributed by atoms with Gasteiger partial charge < -0.3 is 5.73 Å². The van der Waals surface area contributed by atoms with Crippen LogP contribution in [0.5, 0.6) is 0 Å². The lowest BCUT2D eigenvalue weighted by Gasteiger charge is -2.02. The van der Waals surface area contributed by atoms with Crippen molar-refractivity contribution in [3.8, 4) is 0 Å². The molecule has 2 N–H and O–H groups in total. The van der Waals surface area contributed by atoms with Crippen molar-refractivity contribution in [2.45, 2.75) is 73.1 Å². The highest BCUT2D eigenvalue weighted by Gasteiger charge is 1.93. The van der Waals surface area contributed by atoms with Gasteiger partial charge in [0, 0.05) is 6.54 Å².